The Morgan fingerprint density at radius 2 is 2.17 bits per heavy atom. The largest absolute Gasteiger partial charge is 0.507 e. The predicted molar refractivity (Wildman–Crippen MR) is 85.7 cm³/mol. The summed E-state index contributed by atoms with van der Waals surface area (Å²) in [5.41, 5.74) is 0.236. The third-order valence-corrected chi connectivity index (χ3v) is 3.92. The molecule has 0 fully saturated rings. The van der Waals surface area contributed by atoms with Crippen molar-refractivity contribution in [2.75, 3.05) is 5.32 Å². The van der Waals surface area contributed by atoms with Crippen LogP contribution in [0.2, 0.25) is 5.02 Å². The van der Waals surface area contributed by atoms with E-state index in [9.17, 15) is 14.7 Å². The Balaban J connectivity index is 2.03. The van der Waals surface area contributed by atoms with Crippen molar-refractivity contribution in [3.05, 3.63) is 45.8 Å². The Hall–Kier alpha value is -2.56. The number of carbonyl (C=O) groups excluding carboxylic acids is 2. The van der Waals surface area contributed by atoms with Gasteiger partial charge in [0.25, 0.3) is 5.91 Å². The van der Waals surface area contributed by atoms with Crippen LogP contribution < -0.4 is 5.32 Å². The van der Waals surface area contributed by atoms with Crippen LogP contribution in [0, 0.1) is 11.3 Å². The van der Waals surface area contributed by atoms with Crippen molar-refractivity contribution in [3.63, 3.8) is 0 Å². The zero-order valence-electron chi connectivity index (χ0n) is 11.9. The van der Waals surface area contributed by atoms with Gasteiger partial charge in [-0.05, 0) is 36.6 Å². The summed E-state index contributed by atoms with van der Waals surface area (Å²) in [4.78, 5) is 24.0. The first-order chi connectivity index (χ1) is 10.9. The minimum atomic E-state index is -1.11. The number of esters is 1. The van der Waals surface area contributed by atoms with Gasteiger partial charge >= 0.3 is 5.97 Å². The molecule has 1 aromatic heterocycles. The SMILES string of the molecule is C[C@@H](OC(=O)c1ccc(Cl)cc1O)C(=O)Nc1sccc1C#N. The Morgan fingerprint density at radius 3 is 2.83 bits per heavy atom. The number of halogens is 1. The molecule has 0 saturated heterocycles. The lowest BCUT2D eigenvalue weighted by Crippen LogP contribution is -2.29. The average molecular weight is 351 g/mol. The normalized spacial score (nSPS) is 11.3. The van der Waals surface area contributed by atoms with Gasteiger partial charge in [0.15, 0.2) is 6.10 Å². The molecule has 118 valence electrons. The lowest BCUT2D eigenvalue weighted by atomic mass is 10.2. The molecule has 8 heteroatoms. The maximum absolute atomic E-state index is 12.0. The van der Waals surface area contributed by atoms with E-state index in [1.165, 1.54) is 36.5 Å². The molecule has 0 radical (unpaired) electrons. The van der Waals surface area contributed by atoms with Crippen molar-refractivity contribution in [1.82, 2.24) is 0 Å². The molecule has 0 bridgehead atoms. The summed E-state index contributed by atoms with van der Waals surface area (Å²) >= 11 is 6.87. The number of aromatic hydroxyl groups is 1. The molecule has 1 atom stereocenters. The fourth-order valence-corrected chi connectivity index (χ4v) is 2.57. The number of amides is 1. The van der Waals surface area contributed by atoms with Crippen molar-refractivity contribution < 1.29 is 19.4 Å². The molecular weight excluding hydrogens is 340 g/mol. The van der Waals surface area contributed by atoms with Gasteiger partial charge in [0.05, 0.1) is 5.56 Å². The first kappa shape index (κ1) is 16.8. The van der Waals surface area contributed by atoms with Crippen molar-refractivity contribution in [3.8, 4) is 11.8 Å². The standard InChI is InChI=1S/C15H11ClN2O4S/c1-8(13(20)18-14-9(7-17)4-5-23-14)22-15(21)11-3-2-10(16)6-12(11)19/h2-6,8,19H,1H3,(H,18,20)/t8-/m1/s1. The van der Waals surface area contributed by atoms with Crippen LogP contribution in [0.1, 0.15) is 22.8 Å². The minimum absolute atomic E-state index is 0.0945. The summed E-state index contributed by atoms with van der Waals surface area (Å²) in [6.45, 7) is 1.39. The van der Waals surface area contributed by atoms with Gasteiger partial charge in [0.2, 0.25) is 0 Å². The third kappa shape index (κ3) is 4.00. The van der Waals surface area contributed by atoms with Crippen molar-refractivity contribution >= 4 is 39.8 Å². The number of hydrogen-bond acceptors (Lipinski definition) is 6. The maximum Gasteiger partial charge on any atom is 0.342 e. The molecule has 0 aliphatic carbocycles. The number of rotatable bonds is 4. The van der Waals surface area contributed by atoms with Gasteiger partial charge in [-0.3, -0.25) is 4.79 Å². The molecule has 0 aliphatic heterocycles. The number of nitrogens with one attached hydrogen (secondary N) is 1. The highest BCUT2D eigenvalue weighted by molar-refractivity contribution is 7.14. The highest BCUT2D eigenvalue weighted by Gasteiger charge is 2.22. The summed E-state index contributed by atoms with van der Waals surface area (Å²) in [5, 5.41) is 23.4. The zero-order chi connectivity index (χ0) is 17.0. The van der Waals surface area contributed by atoms with Crippen molar-refractivity contribution in [1.29, 1.82) is 5.26 Å². The highest BCUT2D eigenvalue weighted by Crippen LogP contribution is 2.24. The Bertz CT molecular complexity index is 797. The number of benzene rings is 1. The number of thiophene rings is 1. The number of nitriles is 1. The summed E-state index contributed by atoms with van der Waals surface area (Å²) in [7, 11) is 0. The van der Waals surface area contributed by atoms with Crippen molar-refractivity contribution in [2.45, 2.75) is 13.0 Å². The quantitative estimate of drug-likeness (QED) is 0.825. The number of phenols is 1. The Labute approximate surface area is 140 Å². The summed E-state index contributed by atoms with van der Waals surface area (Å²) < 4.78 is 5.01. The number of phenolic OH excluding ortho intramolecular Hbond substituents is 1. The molecule has 0 spiro atoms. The van der Waals surface area contributed by atoms with E-state index < -0.39 is 18.0 Å². The molecular formula is C15H11ClN2O4S. The lowest BCUT2D eigenvalue weighted by Gasteiger charge is -2.13. The molecule has 6 nitrogen and oxygen atoms in total. The fourth-order valence-electron chi connectivity index (χ4n) is 1.66. The van der Waals surface area contributed by atoms with Gasteiger partial charge in [-0.15, -0.1) is 11.3 Å². The molecule has 1 heterocycles. The van der Waals surface area contributed by atoms with Crippen molar-refractivity contribution in [2.24, 2.45) is 0 Å². The predicted octanol–water partition coefficient (Wildman–Crippen LogP) is 3.16. The number of ether oxygens (including phenoxy) is 1. The first-order valence-corrected chi connectivity index (χ1v) is 7.66. The summed E-state index contributed by atoms with van der Waals surface area (Å²) in [6, 6.07) is 7.44. The first-order valence-electron chi connectivity index (χ1n) is 6.40. The topological polar surface area (TPSA) is 99.4 Å². The zero-order valence-corrected chi connectivity index (χ0v) is 13.4. The molecule has 2 rings (SSSR count). The van der Waals surface area contributed by atoms with Crippen LogP contribution in [-0.2, 0) is 9.53 Å². The summed E-state index contributed by atoms with van der Waals surface area (Å²) in [5.74, 6) is -1.76. The van der Waals surface area contributed by atoms with Gasteiger partial charge in [-0.25, -0.2) is 4.79 Å². The Morgan fingerprint density at radius 1 is 1.43 bits per heavy atom. The van der Waals surface area contributed by atoms with Crippen LogP contribution in [-0.4, -0.2) is 23.1 Å². The molecule has 2 aromatic rings. The molecule has 0 saturated carbocycles. The van der Waals surface area contributed by atoms with Gasteiger partial charge in [0, 0.05) is 5.02 Å². The lowest BCUT2D eigenvalue weighted by molar-refractivity contribution is -0.123. The smallest absolute Gasteiger partial charge is 0.342 e. The second-order valence-corrected chi connectivity index (χ2v) is 5.83. The molecule has 23 heavy (non-hydrogen) atoms. The average Bonchev–Trinajstić information content (AvgIpc) is 2.94. The second kappa shape index (κ2) is 7.13. The number of carbonyl (C=O) groups is 2. The van der Waals surface area contributed by atoms with Gasteiger partial charge in [0.1, 0.15) is 22.4 Å². The van der Waals surface area contributed by atoms with E-state index >= 15 is 0 Å². The van der Waals surface area contributed by atoms with E-state index in [0.717, 1.165) is 0 Å². The third-order valence-electron chi connectivity index (χ3n) is 2.86. The van der Waals surface area contributed by atoms with Gasteiger partial charge in [-0.2, -0.15) is 5.26 Å². The van der Waals surface area contributed by atoms with E-state index in [2.05, 4.69) is 5.32 Å². The van der Waals surface area contributed by atoms with E-state index in [-0.39, 0.29) is 16.3 Å². The van der Waals surface area contributed by atoms with E-state index in [1.54, 1.807) is 11.4 Å². The van der Waals surface area contributed by atoms with Crippen LogP contribution >= 0.6 is 22.9 Å². The van der Waals surface area contributed by atoms with Gasteiger partial charge < -0.3 is 15.2 Å². The fraction of sp³-hybridized carbons (Fsp3) is 0.133. The van der Waals surface area contributed by atoms with Crippen LogP contribution in [0.15, 0.2) is 29.6 Å². The van der Waals surface area contributed by atoms with Crippen LogP contribution in [0.25, 0.3) is 0 Å². The monoisotopic (exact) mass is 350 g/mol. The minimum Gasteiger partial charge on any atom is -0.507 e. The highest BCUT2D eigenvalue weighted by atomic mass is 35.5. The molecule has 2 N–H and O–H groups in total. The van der Waals surface area contributed by atoms with E-state index in [4.69, 9.17) is 21.6 Å². The molecule has 0 unspecified atom stereocenters. The second-order valence-electron chi connectivity index (χ2n) is 4.47. The number of anilines is 1. The van der Waals surface area contributed by atoms with Crippen LogP contribution in [0.5, 0.6) is 5.75 Å². The molecule has 0 aliphatic rings. The summed E-state index contributed by atoms with van der Waals surface area (Å²) in [6.07, 6.45) is -1.11. The number of hydrogen-bond donors (Lipinski definition) is 2. The van der Waals surface area contributed by atoms with Crippen LogP contribution in [0.3, 0.4) is 0 Å². The molecule has 1 aromatic carbocycles. The number of nitrogens with zero attached hydrogens (tertiary/aromatic N) is 1. The maximum atomic E-state index is 12.0. The van der Waals surface area contributed by atoms with Gasteiger partial charge in [-0.1, -0.05) is 11.6 Å². The van der Waals surface area contributed by atoms with E-state index in [0.29, 0.717) is 10.6 Å². The van der Waals surface area contributed by atoms with E-state index in [1.807, 2.05) is 6.07 Å². The van der Waals surface area contributed by atoms with Crippen LogP contribution in [0.4, 0.5) is 5.00 Å². The molecule has 1 amide bonds. The Kier molecular flexibility index (Phi) is 5.21.